The van der Waals surface area contributed by atoms with Gasteiger partial charge in [-0.2, -0.15) is 13.2 Å². The van der Waals surface area contributed by atoms with Crippen molar-refractivity contribution in [2.75, 3.05) is 6.54 Å². The molecule has 1 aromatic heterocycles. The Kier molecular flexibility index (Phi) is 5.11. The molecule has 1 heterocycles. The summed E-state index contributed by atoms with van der Waals surface area (Å²) in [5, 5.41) is 0.321. The van der Waals surface area contributed by atoms with Crippen molar-refractivity contribution >= 4 is 20.9 Å². The molecule has 0 saturated heterocycles. The molecule has 8 heteroatoms. The summed E-state index contributed by atoms with van der Waals surface area (Å²) in [5.41, 5.74) is 2.02. The van der Waals surface area contributed by atoms with Crippen molar-refractivity contribution in [2.45, 2.75) is 43.5 Å². The van der Waals surface area contributed by atoms with E-state index in [0.717, 1.165) is 16.5 Å². The highest BCUT2D eigenvalue weighted by Gasteiger charge is 2.43. The molecule has 2 N–H and O–H groups in total. The lowest BCUT2D eigenvalue weighted by atomic mass is 9.88. The first-order valence-electron chi connectivity index (χ1n) is 8.37. The summed E-state index contributed by atoms with van der Waals surface area (Å²) in [7, 11) is -3.59. The minimum atomic E-state index is -4.22. The zero-order chi connectivity index (χ0) is 18.1. The molecule has 0 amide bonds. The first-order valence-corrected chi connectivity index (χ1v) is 9.92. The molecule has 0 spiro atoms. The molecule has 4 nitrogen and oxygen atoms in total. The van der Waals surface area contributed by atoms with Crippen LogP contribution in [0.2, 0.25) is 0 Å². The average molecular weight is 374 g/mol. The molecular formula is C17H21F3N2O2S. The van der Waals surface area contributed by atoms with Crippen molar-refractivity contribution in [2.24, 2.45) is 5.92 Å². The molecule has 0 radical (unpaired) electrons. The standard InChI is InChI=1S/C17H21F3N2O2S/c18-17(19,20)13-4-6-14(7-5-13)25(23,24)22-11-8-12-2-1-3-16-15(12)9-10-21-16/h1-3,9-10,13-14,21-22H,4-8,11H2. The fraction of sp³-hybridized carbons (Fsp3) is 0.529. The number of hydrogen-bond donors (Lipinski definition) is 2. The molecule has 138 valence electrons. The number of aromatic amines is 1. The Bertz CT molecular complexity index is 822. The molecule has 1 fully saturated rings. The Labute approximate surface area is 144 Å². The molecule has 1 aliphatic carbocycles. The van der Waals surface area contributed by atoms with Crippen molar-refractivity contribution in [3.05, 3.63) is 36.0 Å². The van der Waals surface area contributed by atoms with E-state index in [1.54, 1.807) is 0 Å². The highest BCUT2D eigenvalue weighted by Crippen LogP contribution is 2.38. The van der Waals surface area contributed by atoms with Crippen LogP contribution in [0.4, 0.5) is 13.2 Å². The first kappa shape index (κ1) is 18.3. The van der Waals surface area contributed by atoms with Crippen LogP contribution >= 0.6 is 0 Å². The Morgan fingerprint density at radius 3 is 2.52 bits per heavy atom. The second-order valence-corrected chi connectivity index (χ2v) is 8.61. The van der Waals surface area contributed by atoms with E-state index in [2.05, 4.69) is 9.71 Å². The molecule has 0 aliphatic heterocycles. The third-order valence-corrected chi connectivity index (χ3v) is 6.91. The fourth-order valence-electron chi connectivity index (χ4n) is 3.51. The lowest BCUT2D eigenvalue weighted by molar-refractivity contribution is -0.181. The zero-order valence-corrected chi connectivity index (χ0v) is 14.5. The number of aromatic nitrogens is 1. The predicted molar refractivity (Wildman–Crippen MR) is 90.7 cm³/mol. The van der Waals surface area contributed by atoms with Crippen LogP contribution in [0, 0.1) is 5.92 Å². The molecule has 0 atom stereocenters. The number of fused-ring (bicyclic) bond motifs is 1. The smallest absolute Gasteiger partial charge is 0.361 e. The van der Waals surface area contributed by atoms with Crippen LogP contribution in [0.15, 0.2) is 30.5 Å². The van der Waals surface area contributed by atoms with Gasteiger partial charge in [0.2, 0.25) is 10.0 Å². The maximum Gasteiger partial charge on any atom is 0.391 e. The van der Waals surface area contributed by atoms with Crippen LogP contribution in [-0.2, 0) is 16.4 Å². The number of halogens is 3. The monoisotopic (exact) mass is 374 g/mol. The van der Waals surface area contributed by atoms with Gasteiger partial charge in [-0.3, -0.25) is 0 Å². The van der Waals surface area contributed by atoms with Crippen LogP contribution in [0.25, 0.3) is 10.9 Å². The van der Waals surface area contributed by atoms with Crippen molar-refractivity contribution in [1.82, 2.24) is 9.71 Å². The summed E-state index contributed by atoms with van der Waals surface area (Å²) in [5.74, 6) is -1.37. The van der Waals surface area contributed by atoms with Gasteiger partial charge in [-0.15, -0.1) is 0 Å². The Morgan fingerprint density at radius 2 is 1.84 bits per heavy atom. The summed E-state index contributed by atoms with van der Waals surface area (Å²) in [6, 6.07) is 7.74. The largest absolute Gasteiger partial charge is 0.391 e. The molecule has 0 bridgehead atoms. The van der Waals surface area contributed by atoms with Gasteiger partial charge >= 0.3 is 6.18 Å². The normalized spacial score (nSPS) is 22.4. The summed E-state index contributed by atoms with van der Waals surface area (Å²) in [6.07, 6.45) is -1.96. The van der Waals surface area contributed by atoms with E-state index in [4.69, 9.17) is 0 Å². The van der Waals surface area contributed by atoms with Crippen LogP contribution in [0.5, 0.6) is 0 Å². The maximum atomic E-state index is 12.7. The zero-order valence-electron chi connectivity index (χ0n) is 13.6. The van der Waals surface area contributed by atoms with Crippen LogP contribution in [0.3, 0.4) is 0 Å². The average Bonchev–Trinajstić information content (AvgIpc) is 3.03. The Balaban J connectivity index is 1.55. The molecule has 1 aliphatic rings. The molecule has 0 unspecified atom stereocenters. The van der Waals surface area contributed by atoms with Gasteiger partial charge in [0, 0.05) is 23.6 Å². The van der Waals surface area contributed by atoms with E-state index >= 15 is 0 Å². The van der Waals surface area contributed by atoms with Crippen LogP contribution < -0.4 is 4.72 Å². The van der Waals surface area contributed by atoms with E-state index in [9.17, 15) is 21.6 Å². The highest BCUT2D eigenvalue weighted by atomic mass is 32.2. The number of benzene rings is 1. The number of H-pyrrole nitrogens is 1. The minimum Gasteiger partial charge on any atom is -0.361 e. The summed E-state index contributed by atoms with van der Waals surface area (Å²) in [6.45, 7) is 0.242. The number of nitrogens with one attached hydrogen (secondary N) is 2. The number of alkyl halides is 3. The number of sulfonamides is 1. The second kappa shape index (κ2) is 6.99. The fourth-order valence-corrected chi connectivity index (χ4v) is 5.03. The van der Waals surface area contributed by atoms with Gasteiger partial charge < -0.3 is 4.98 Å². The highest BCUT2D eigenvalue weighted by molar-refractivity contribution is 7.90. The first-order chi connectivity index (χ1) is 11.8. The van der Waals surface area contributed by atoms with Crippen LogP contribution in [0.1, 0.15) is 31.2 Å². The summed E-state index contributed by atoms with van der Waals surface area (Å²) in [4.78, 5) is 3.10. The molecular weight excluding hydrogens is 353 g/mol. The SMILES string of the molecule is O=S(=O)(NCCc1cccc2[nH]ccc12)C1CCC(C(F)(F)F)CC1. The molecule has 1 aromatic carbocycles. The number of hydrogen-bond acceptors (Lipinski definition) is 2. The van der Waals surface area contributed by atoms with Gasteiger partial charge in [0.25, 0.3) is 0 Å². The lowest BCUT2D eigenvalue weighted by Gasteiger charge is -2.29. The lowest BCUT2D eigenvalue weighted by Crippen LogP contribution is -2.39. The van der Waals surface area contributed by atoms with Gasteiger partial charge in [-0.05, 0) is 49.8 Å². The Hall–Kier alpha value is -1.54. The number of rotatable bonds is 5. The summed E-state index contributed by atoms with van der Waals surface area (Å²) < 4.78 is 65.3. The third-order valence-electron chi connectivity index (χ3n) is 4.96. The van der Waals surface area contributed by atoms with Crippen LogP contribution in [-0.4, -0.2) is 31.4 Å². The van der Waals surface area contributed by atoms with E-state index in [0.29, 0.717) is 6.42 Å². The molecule has 25 heavy (non-hydrogen) atoms. The van der Waals surface area contributed by atoms with Gasteiger partial charge in [0.05, 0.1) is 11.2 Å². The third kappa shape index (κ3) is 4.17. The van der Waals surface area contributed by atoms with Gasteiger partial charge in [-0.25, -0.2) is 13.1 Å². The van der Waals surface area contributed by atoms with Crippen molar-refractivity contribution < 1.29 is 21.6 Å². The molecule has 2 aromatic rings. The van der Waals surface area contributed by atoms with E-state index in [1.807, 2.05) is 30.5 Å². The second-order valence-electron chi connectivity index (χ2n) is 6.56. The van der Waals surface area contributed by atoms with Crippen molar-refractivity contribution in [1.29, 1.82) is 0 Å². The summed E-state index contributed by atoms with van der Waals surface area (Å²) >= 11 is 0. The van der Waals surface area contributed by atoms with E-state index < -0.39 is 27.4 Å². The van der Waals surface area contributed by atoms with Gasteiger partial charge in [0.15, 0.2) is 0 Å². The molecule has 1 saturated carbocycles. The molecule has 3 rings (SSSR count). The van der Waals surface area contributed by atoms with Gasteiger partial charge in [0.1, 0.15) is 0 Å². The predicted octanol–water partition coefficient (Wildman–Crippen LogP) is 3.75. The van der Waals surface area contributed by atoms with Gasteiger partial charge in [-0.1, -0.05) is 12.1 Å². The van der Waals surface area contributed by atoms with E-state index in [1.165, 1.54) is 0 Å². The quantitative estimate of drug-likeness (QED) is 0.837. The Morgan fingerprint density at radius 1 is 1.12 bits per heavy atom. The maximum absolute atomic E-state index is 12.7. The topological polar surface area (TPSA) is 62.0 Å². The van der Waals surface area contributed by atoms with E-state index in [-0.39, 0.29) is 32.2 Å². The minimum absolute atomic E-state index is 0.0624. The van der Waals surface area contributed by atoms with Crippen molar-refractivity contribution in [3.63, 3.8) is 0 Å². The van der Waals surface area contributed by atoms with Crippen molar-refractivity contribution in [3.8, 4) is 0 Å².